The topological polar surface area (TPSA) is 114 Å². The Morgan fingerprint density at radius 3 is 2.25 bits per heavy atom. The van der Waals surface area contributed by atoms with E-state index in [-0.39, 0.29) is 16.3 Å². The summed E-state index contributed by atoms with van der Waals surface area (Å²) >= 11 is 0. The van der Waals surface area contributed by atoms with E-state index in [4.69, 9.17) is 14.6 Å². The number of benzene rings is 3. The fourth-order valence-electron chi connectivity index (χ4n) is 3.91. The van der Waals surface area contributed by atoms with Crippen LogP contribution >= 0.6 is 0 Å². The lowest BCUT2D eigenvalue weighted by molar-refractivity contribution is 0.0587. The number of hydrogen-bond acceptors (Lipinski definition) is 6. The van der Waals surface area contributed by atoms with Gasteiger partial charge in [-0.1, -0.05) is 48.5 Å². The number of rotatable bonds is 8. The highest BCUT2D eigenvalue weighted by molar-refractivity contribution is 7.89. The first-order valence-electron chi connectivity index (χ1n) is 10.9. The molecule has 0 spiro atoms. The SMILES string of the molecule is COC(=O)c1c(-c2ccc(OC)c(F)c2)c(-c2ccc(S(N)(=O)=O)cc2)nn1CCc1ccccc1. The molecule has 4 rings (SSSR count). The number of nitrogens with zero attached hydrogens (tertiary/aromatic N) is 2. The van der Waals surface area contributed by atoms with Crippen LogP contribution in [0.2, 0.25) is 0 Å². The fourth-order valence-corrected chi connectivity index (χ4v) is 4.42. The number of carbonyl (C=O) groups is 1. The predicted molar refractivity (Wildman–Crippen MR) is 132 cm³/mol. The minimum Gasteiger partial charge on any atom is -0.494 e. The van der Waals surface area contributed by atoms with Gasteiger partial charge in [0.05, 0.1) is 19.1 Å². The molecule has 0 saturated carbocycles. The van der Waals surface area contributed by atoms with E-state index in [1.807, 2.05) is 30.3 Å². The number of ether oxygens (including phenoxy) is 2. The van der Waals surface area contributed by atoms with Gasteiger partial charge in [0.1, 0.15) is 5.69 Å². The van der Waals surface area contributed by atoms with Gasteiger partial charge in [0.2, 0.25) is 10.0 Å². The van der Waals surface area contributed by atoms with Gasteiger partial charge >= 0.3 is 5.97 Å². The van der Waals surface area contributed by atoms with Gasteiger partial charge in [0.25, 0.3) is 0 Å². The summed E-state index contributed by atoms with van der Waals surface area (Å²) in [6, 6.07) is 19.8. The molecule has 0 unspecified atom stereocenters. The second-order valence-corrected chi connectivity index (χ2v) is 9.50. The fraction of sp³-hybridized carbons (Fsp3) is 0.154. The summed E-state index contributed by atoms with van der Waals surface area (Å²) < 4.78 is 49.8. The number of aryl methyl sites for hydroxylation is 2. The highest BCUT2D eigenvalue weighted by Gasteiger charge is 2.27. The third-order valence-electron chi connectivity index (χ3n) is 5.68. The van der Waals surface area contributed by atoms with Crippen LogP contribution in [0.5, 0.6) is 5.75 Å². The van der Waals surface area contributed by atoms with Crippen molar-refractivity contribution in [2.24, 2.45) is 5.14 Å². The lowest BCUT2D eigenvalue weighted by atomic mass is 9.98. The maximum absolute atomic E-state index is 14.7. The van der Waals surface area contributed by atoms with E-state index in [1.165, 1.54) is 55.3 Å². The van der Waals surface area contributed by atoms with Crippen LogP contribution in [0.4, 0.5) is 4.39 Å². The van der Waals surface area contributed by atoms with Crippen molar-refractivity contribution >= 4 is 16.0 Å². The molecule has 0 atom stereocenters. The summed E-state index contributed by atoms with van der Waals surface area (Å²) in [6.07, 6.45) is 0.576. The molecule has 3 aromatic carbocycles. The van der Waals surface area contributed by atoms with E-state index < -0.39 is 21.8 Å². The summed E-state index contributed by atoms with van der Waals surface area (Å²) in [6.45, 7) is 0.343. The minimum absolute atomic E-state index is 0.0499. The first-order chi connectivity index (χ1) is 17.2. The van der Waals surface area contributed by atoms with Crippen LogP contribution in [0.15, 0.2) is 77.7 Å². The van der Waals surface area contributed by atoms with Crippen molar-refractivity contribution in [1.29, 1.82) is 0 Å². The number of halogens is 1. The van der Waals surface area contributed by atoms with Gasteiger partial charge in [-0.05, 0) is 41.8 Å². The highest BCUT2D eigenvalue weighted by atomic mass is 32.2. The van der Waals surface area contributed by atoms with Crippen molar-refractivity contribution in [2.75, 3.05) is 14.2 Å². The smallest absolute Gasteiger partial charge is 0.356 e. The van der Waals surface area contributed by atoms with E-state index in [0.29, 0.717) is 35.3 Å². The molecule has 0 aliphatic rings. The summed E-state index contributed by atoms with van der Waals surface area (Å²) in [7, 11) is -1.28. The molecule has 0 saturated heterocycles. The minimum atomic E-state index is -3.90. The second kappa shape index (κ2) is 10.3. The van der Waals surface area contributed by atoms with E-state index in [2.05, 4.69) is 5.10 Å². The second-order valence-electron chi connectivity index (χ2n) is 7.94. The van der Waals surface area contributed by atoms with Crippen molar-refractivity contribution in [3.05, 3.63) is 89.9 Å². The first kappa shape index (κ1) is 25.1. The Bertz CT molecular complexity index is 1500. The number of hydrogen-bond donors (Lipinski definition) is 1. The van der Waals surface area contributed by atoms with E-state index in [1.54, 1.807) is 6.07 Å². The zero-order valence-corrected chi connectivity index (χ0v) is 20.5. The van der Waals surface area contributed by atoms with E-state index in [9.17, 15) is 17.6 Å². The molecule has 8 nitrogen and oxygen atoms in total. The largest absolute Gasteiger partial charge is 0.494 e. The molecular formula is C26H24FN3O5S. The van der Waals surface area contributed by atoms with Crippen LogP contribution < -0.4 is 9.88 Å². The number of primary sulfonamides is 1. The lowest BCUT2D eigenvalue weighted by Crippen LogP contribution is -2.14. The summed E-state index contributed by atoms with van der Waals surface area (Å²) in [5.41, 5.74) is 2.78. The van der Waals surface area contributed by atoms with Gasteiger partial charge in [0.15, 0.2) is 17.3 Å². The number of nitrogens with two attached hydrogens (primary N) is 1. The Hall–Kier alpha value is -4.02. The maximum Gasteiger partial charge on any atom is 0.356 e. The quantitative estimate of drug-likeness (QED) is 0.359. The third kappa shape index (κ3) is 5.14. The normalized spacial score (nSPS) is 11.3. The van der Waals surface area contributed by atoms with Crippen LogP contribution in [0, 0.1) is 5.82 Å². The average molecular weight is 510 g/mol. The molecule has 0 fully saturated rings. The molecule has 36 heavy (non-hydrogen) atoms. The average Bonchev–Trinajstić information content (AvgIpc) is 3.26. The molecule has 0 aliphatic carbocycles. The van der Waals surface area contributed by atoms with Crippen LogP contribution in [-0.2, 0) is 27.7 Å². The monoisotopic (exact) mass is 509 g/mol. The Balaban J connectivity index is 1.91. The number of methoxy groups -OCH3 is 2. The highest BCUT2D eigenvalue weighted by Crippen LogP contribution is 2.37. The number of carbonyl (C=O) groups excluding carboxylic acids is 1. The van der Waals surface area contributed by atoms with Gasteiger partial charge in [-0.2, -0.15) is 5.10 Å². The molecule has 0 aliphatic heterocycles. The summed E-state index contributed by atoms with van der Waals surface area (Å²) in [5, 5.41) is 9.92. The molecule has 1 aromatic heterocycles. The Morgan fingerprint density at radius 2 is 1.67 bits per heavy atom. The van der Waals surface area contributed by atoms with E-state index >= 15 is 0 Å². The van der Waals surface area contributed by atoms with Crippen molar-refractivity contribution in [2.45, 2.75) is 17.9 Å². The van der Waals surface area contributed by atoms with Gasteiger partial charge in [-0.15, -0.1) is 0 Å². The molecule has 186 valence electrons. The van der Waals surface area contributed by atoms with Crippen LogP contribution in [-0.4, -0.2) is 38.4 Å². The van der Waals surface area contributed by atoms with Crippen molar-refractivity contribution in [3.63, 3.8) is 0 Å². The standard InChI is InChI=1S/C26H24FN3O5S/c1-34-22-13-10-19(16-21(22)27)23-24(18-8-11-20(12-9-18)36(28,32)33)29-30(25(23)26(31)35-2)15-14-17-6-4-3-5-7-17/h3-13,16H,14-15H2,1-2H3,(H2,28,32,33). The Labute approximate surface area is 208 Å². The first-order valence-corrected chi connectivity index (χ1v) is 12.5. The zero-order valence-electron chi connectivity index (χ0n) is 19.6. The molecule has 0 radical (unpaired) electrons. The molecule has 0 bridgehead atoms. The van der Waals surface area contributed by atoms with Crippen LogP contribution in [0.3, 0.4) is 0 Å². The molecule has 10 heteroatoms. The molecule has 1 heterocycles. The van der Waals surface area contributed by atoms with Crippen molar-refractivity contribution in [1.82, 2.24) is 9.78 Å². The number of esters is 1. The number of aromatic nitrogens is 2. The molecule has 2 N–H and O–H groups in total. The maximum atomic E-state index is 14.7. The Morgan fingerprint density at radius 1 is 1.00 bits per heavy atom. The third-order valence-corrected chi connectivity index (χ3v) is 6.61. The van der Waals surface area contributed by atoms with Gasteiger partial charge in [0, 0.05) is 17.7 Å². The molecule has 0 amide bonds. The van der Waals surface area contributed by atoms with Crippen molar-refractivity contribution < 1.29 is 27.1 Å². The van der Waals surface area contributed by atoms with Gasteiger partial charge < -0.3 is 9.47 Å². The van der Waals surface area contributed by atoms with Crippen molar-refractivity contribution in [3.8, 4) is 28.1 Å². The van der Waals surface area contributed by atoms with Gasteiger partial charge in [-0.25, -0.2) is 22.7 Å². The van der Waals surface area contributed by atoms with Crippen LogP contribution in [0.25, 0.3) is 22.4 Å². The lowest BCUT2D eigenvalue weighted by Gasteiger charge is -2.10. The molecular weight excluding hydrogens is 485 g/mol. The molecule has 4 aromatic rings. The van der Waals surface area contributed by atoms with Crippen LogP contribution in [0.1, 0.15) is 16.1 Å². The summed E-state index contributed by atoms with van der Waals surface area (Å²) in [5.74, 6) is -1.21. The number of sulfonamides is 1. The Kier molecular flexibility index (Phi) is 7.18. The van der Waals surface area contributed by atoms with E-state index in [0.717, 1.165) is 5.56 Å². The zero-order chi connectivity index (χ0) is 25.9. The predicted octanol–water partition coefficient (Wildman–Crippen LogP) is 4.04. The van der Waals surface area contributed by atoms with Gasteiger partial charge in [-0.3, -0.25) is 4.68 Å². The summed E-state index contributed by atoms with van der Waals surface area (Å²) in [4.78, 5) is 12.9.